The number of rotatable bonds is 4. The summed E-state index contributed by atoms with van der Waals surface area (Å²) < 4.78 is 25.9. The standard InChI is InChI=1S/C15H19FN4O2S/c1-18-5-7-19(8-6-18)10-20-15(23)22-14(17-20)11-3-4-13(21-2)12(16)9-11/h3-4,9H,5-8,10H2,1-2H3. The SMILES string of the molecule is COc1ccc(-c2nn(CN3CCN(C)CC3)c(=S)o2)cc1F. The van der Waals surface area contributed by atoms with Crippen LogP contribution in [0.3, 0.4) is 0 Å². The van der Waals surface area contributed by atoms with E-state index in [0.29, 0.717) is 18.1 Å². The molecule has 0 unspecified atom stereocenters. The van der Waals surface area contributed by atoms with Gasteiger partial charge in [-0.15, -0.1) is 5.10 Å². The Balaban J connectivity index is 1.78. The molecule has 2 aromatic rings. The van der Waals surface area contributed by atoms with Crippen LogP contribution in [-0.2, 0) is 6.67 Å². The fourth-order valence-corrected chi connectivity index (χ4v) is 2.67. The maximum atomic E-state index is 13.8. The highest BCUT2D eigenvalue weighted by Crippen LogP contribution is 2.24. The number of ether oxygens (including phenoxy) is 1. The number of aromatic nitrogens is 2. The van der Waals surface area contributed by atoms with Crippen LogP contribution >= 0.6 is 12.2 Å². The van der Waals surface area contributed by atoms with E-state index in [2.05, 4.69) is 21.9 Å². The minimum Gasteiger partial charge on any atom is -0.494 e. The Bertz CT molecular complexity index is 737. The summed E-state index contributed by atoms with van der Waals surface area (Å²) in [6.45, 7) is 4.52. The minimum atomic E-state index is -0.459. The smallest absolute Gasteiger partial charge is 0.288 e. The van der Waals surface area contributed by atoms with E-state index in [4.69, 9.17) is 21.4 Å². The molecule has 0 radical (unpaired) electrons. The molecule has 0 bridgehead atoms. The molecular formula is C15H19FN4O2S. The second kappa shape index (κ2) is 6.77. The quantitative estimate of drug-likeness (QED) is 0.797. The second-order valence-corrected chi connectivity index (χ2v) is 5.93. The summed E-state index contributed by atoms with van der Waals surface area (Å²) in [7, 11) is 3.53. The maximum absolute atomic E-state index is 13.8. The predicted molar refractivity (Wildman–Crippen MR) is 86.3 cm³/mol. The van der Waals surface area contributed by atoms with E-state index in [9.17, 15) is 4.39 Å². The van der Waals surface area contributed by atoms with Gasteiger partial charge in [0.05, 0.1) is 13.8 Å². The minimum absolute atomic E-state index is 0.184. The van der Waals surface area contributed by atoms with E-state index < -0.39 is 5.82 Å². The molecule has 0 aliphatic carbocycles. The van der Waals surface area contributed by atoms with Gasteiger partial charge in [0, 0.05) is 31.7 Å². The Kier molecular flexibility index (Phi) is 4.74. The summed E-state index contributed by atoms with van der Waals surface area (Å²) in [5, 5.41) is 4.37. The molecule has 0 saturated carbocycles. The van der Waals surface area contributed by atoms with Gasteiger partial charge in [-0.25, -0.2) is 9.07 Å². The zero-order chi connectivity index (χ0) is 16.4. The molecular weight excluding hydrogens is 319 g/mol. The van der Waals surface area contributed by atoms with Crippen LogP contribution in [0.1, 0.15) is 0 Å². The third-order valence-corrected chi connectivity index (χ3v) is 4.23. The highest BCUT2D eigenvalue weighted by Gasteiger charge is 2.17. The van der Waals surface area contributed by atoms with Crippen molar-refractivity contribution in [2.24, 2.45) is 0 Å². The van der Waals surface area contributed by atoms with E-state index in [1.54, 1.807) is 16.8 Å². The normalized spacial score (nSPS) is 16.7. The van der Waals surface area contributed by atoms with Crippen molar-refractivity contribution in [3.05, 3.63) is 28.9 Å². The van der Waals surface area contributed by atoms with Crippen LogP contribution in [-0.4, -0.2) is 59.9 Å². The zero-order valence-corrected chi connectivity index (χ0v) is 14.0. The highest BCUT2D eigenvalue weighted by molar-refractivity contribution is 7.71. The molecule has 0 N–H and O–H groups in total. The molecule has 124 valence electrons. The van der Waals surface area contributed by atoms with E-state index in [1.165, 1.54) is 13.2 Å². The van der Waals surface area contributed by atoms with E-state index in [-0.39, 0.29) is 10.6 Å². The highest BCUT2D eigenvalue weighted by atomic mass is 32.1. The fourth-order valence-electron chi connectivity index (χ4n) is 2.49. The summed E-state index contributed by atoms with van der Waals surface area (Å²) in [5.74, 6) is 0.0367. The van der Waals surface area contributed by atoms with Gasteiger partial charge in [0.15, 0.2) is 11.6 Å². The lowest BCUT2D eigenvalue weighted by Gasteiger charge is -2.31. The number of hydrogen-bond acceptors (Lipinski definition) is 6. The van der Waals surface area contributed by atoms with E-state index in [1.807, 2.05) is 0 Å². The summed E-state index contributed by atoms with van der Waals surface area (Å²) in [6.07, 6.45) is 0. The van der Waals surface area contributed by atoms with Crippen molar-refractivity contribution in [1.29, 1.82) is 0 Å². The Labute approximate surface area is 139 Å². The lowest BCUT2D eigenvalue weighted by Crippen LogP contribution is -2.45. The first-order chi connectivity index (χ1) is 11.1. The van der Waals surface area contributed by atoms with Crippen LogP contribution in [0.4, 0.5) is 4.39 Å². The fraction of sp³-hybridized carbons (Fsp3) is 0.467. The molecule has 6 nitrogen and oxygen atoms in total. The topological polar surface area (TPSA) is 46.7 Å². The Morgan fingerprint density at radius 3 is 2.70 bits per heavy atom. The average molecular weight is 338 g/mol. The molecule has 1 fully saturated rings. The van der Waals surface area contributed by atoms with Crippen molar-refractivity contribution < 1.29 is 13.5 Å². The molecule has 1 saturated heterocycles. The van der Waals surface area contributed by atoms with Gasteiger partial charge in [-0.2, -0.15) is 0 Å². The number of piperazine rings is 1. The number of benzene rings is 1. The van der Waals surface area contributed by atoms with Gasteiger partial charge in [-0.1, -0.05) is 0 Å². The van der Waals surface area contributed by atoms with E-state index >= 15 is 0 Å². The van der Waals surface area contributed by atoms with E-state index in [0.717, 1.165) is 26.2 Å². The summed E-state index contributed by atoms with van der Waals surface area (Å²) >= 11 is 5.22. The van der Waals surface area contributed by atoms with Crippen molar-refractivity contribution in [2.75, 3.05) is 40.3 Å². The zero-order valence-electron chi connectivity index (χ0n) is 13.2. The first-order valence-corrected chi connectivity index (χ1v) is 7.80. The molecule has 2 heterocycles. The van der Waals surface area contributed by atoms with Gasteiger partial charge in [0.25, 0.3) is 4.84 Å². The van der Waals surface area contributed by atoms with Crippen LogP contribution < -0.4 is 4.74 Å². The van der Waals surface area contributed by atoms with Crippen molar-refractivity contribution in [1.82, 2.24) is 19.6 Å². The monoisotopic (exact) mass is 338 g/mol. The van der Waals surface area contributed by atoms with Gasteiger partial charge in [0.2, 0.25) is 5.89 Å². The average Bonchev–Trinajstić information content (AvgIpc) is 2.90. The number of hydrogen-bond donors (Lipinski definition) is 0. The summed E-state index contributed by atoms with van der Waals surface area (Å²) in [4.78, 5) is 4.83. The van der Waals surface area contributed by atoms with Gasteiger partial charge < -0.3 is 14.1 Å². The molecule has 1 aliphatic heterocycles. The molecule has 1 aromatic carbocycles. The summed E-state index contributed by atoms with van der Waals surface area (Å²) in [5.41, 5.74) is 0.534. The van der Waals surface area contributed by atoms with Crippen molar-refractivity contribution >= 4 is 12.2 Å². The molecule has 1 aliphatic rings. The molecule has 8 heteroatoms. The van der Waals surface area contributed by atoms with Crippen molar-refractivity contribution in [3.8, 4) is 17.2 Å². The largest absolute Gasteiger partial charge is 0.494 e. The van der Waals surface area contributed by atoms with Crippen LogP contribution in [0.5, 0.6) is 5.75 Å². The number of nitrogens with zero attached hydrogens (tertiary/aromatic N) is 4. The van der Waals surface area contributed by atoms with Gasteiger partial charge in [-0.3, -0.25) is 4.90 Å². The number of halogens is 1. The van der Waals surface area contributed by atoms with Gasteiger partial charge in [-0.05, 0) is 37.5 Å². The Hall–Kier alpha value is -1.77. The predicted octanol–water partition coefficient (Wildman–Crippen LogP) is 2.23. The van der Waals surface area contributed by atoms with Crippen LogP contribution in [0.25, 0.3) is 11.5 Å². The molecule has 0 atom stereocenters. The number of methoxy groups -OCH3 is 1. The number of likely N-dealkylation sites (N-methyl/N-ethyl adjacent to an activating group) is 1. The first-order valence-electron chi connectivity index (χ1n) is 7.39. The lowest BCUT2D eigenvalue weighted by molar-refractivity contribution is 0.118. The van der Waals surface area contributed by atoms with Crippen LogP contribution in [0, 0.1) is 10.7 Å². The van der Waals surface area contributed by atoms with Crippen molar-refractivity contribution in [3.63, 3.8) is 0 Å². The molecule has 1 aromatic heterocycles. The Morgan fingerprint density at radius 2 is 2.04 bits per heavy atom. The molecule has 0 spiro atoms. The third-order valence-electron chi connectivity index (χ3n) is 3.93. The maximum Gasteiger partial charge on any atom is 0.288 e. The lowest BCUT2D eigenvalue weighted by atomic mass is 10.2. The third kappa shape index (κ3) is 3.60. The van der Waals surface area contributed by atoms with Crippen LogP contribution in [0.2, 0.25) is 0 Å². The second-order valence-electron chi connectivity index (χ2n) is 5.58. The first kappa shape index (κ1) is 16.1. The van der Waals surface area contributed by atoms with Gasteiger partial charge in [0.1, 0.15) is 0 Å². The van der Waals surface area contributed by atoms with Gasteiger partial charge >= 0.3 is 0 Å². The molecule has 3 rings (SSSR count). The van der Waals surface area contributed by atoms with Crippen LogP contribution in [0.15, 0.2) is 22.6 Å². The summed E-state index contributed by atoms with van der Waals surface area (Å²) in [6, 6.07) is 4.57. The Morgan fingerprint density at radius 1 is 1.30 bits per heavy atom. The molecule has 23 heavy (non-hydrogen) atoms. The molecule has 0 amide bonds. The van der Waals surface area contributed by atoms with Crippen molar-refractivity contribution in [2.45, 2.75) is 6.67 Å².